The number of sulfonamides is 1. The molecule has 1 aromatic heterocycles. The van der Waals surface area contributed by atoms with E-state index in [4.69, 9.17) is 9.15 Å². The van der Waals surface area contributed by atoms with E-state index in [-0.39, 0.29) is 33.3 Å². The van der Waals surface area contributed by atoms with Crippen molar-refractivity contribution >= 4 is 27.0 Å². The number of hydrogen-bond acceptors (Lipinski definition) is 6. The molecule has 4 rings (SSSR count). The van der Waals surface area contributed by atoms with Gasteiger partial charge in [0.1, 0.15) is 17.1 Å². The average molecular weight is 492 g/mol. The minimum Gasteiger partial charge on any atom is -0.460 e. The van der Waals surface area contributed by atoms with Crippen LogP contribution in [0.15, 0.2) is 86.9 Å². The summed E-state index contributed by atoms with van der Waals surface area (Å²) in [7, 11) is -2.27. The number of carbonyl (C=O) groups is 1. The van der Waals surface area contributed by atoms with Crippen LogP contribution in [0.1, 0.15) is 30.0 Å². The van der Waals surface area contributed by atoms with E-state index < -0.39 is 16.0 Å². The van der Waals surface area contributed by atoms with Crippen LogP contribution < -0.4 is 10.2 Å². The maximum atomic E-state index is 13.1. The van der Waals surface area contributed by atoms with E-state index in [1.54, 1.807) is 26.8 Å². The van der Waals surface area contributed by atoms with Gasteiger partial charge in [0.2, 0.25) is 15.5 Å². The van der Waals surface area contributed by atoms with E-state index in [9.17, 15) is 18.0 Å². The number of carbonyl (C=O) groups excluding carboxylic acids is 1. The molecular weight excluding hydrogens is 466 g/mol. The van der Waals surface area contributed by atoms with Crippen LogP contribution in [0.3, 0.4) is 0 Å². The highest BCUT2D eigenvalue weighted by atomic mass is 32.2. The van der Waals surface area contributed by atoms with Crippen molar-refractivity contribution < 1.29 is 22.4 Å². The smallest absolute Gasteiger partial charge is 0.343 e. The summed E-state index contributed by atoms with van der Waals surface area (Å²) in [5.74, 6) is -0.108. The minimum absolute atomic E-state index is 0.00303. The highest BCUT2D eigenvalue weighted by Gasteiger charge is 2.24. The number of ether oxygens (including phenoxy) is 1. The van der Waals surface area contributed by atoms with Crippen LogP contribution >= 0.6 is 0 Å². The zero-order valence-corrected chi connectivity index (χ0v) is 20.6. The first-order valence-electron chi connectivity index (χ1n) is 11.0. The lowest BCUT2D eigenvalue weighted by Crippen LogP contribution is -2.33. The molecule has 180 valence electrons. The normalized spacial score (nSPS) is 11.8. The SMILES string of the molecule is Cc1oc2cc(OC(=O)c3cccc(S(=O)(=O)N(C)C(C)C)c3)ccc2c(=O)c1-c1ccccc1. The second-order valence-corrected chi connectivity index (χ2v) is 10.4. The fourth-order valence-electron chi connectivity index (χ4n) is 3.68. The van der Waals surface area contributed by atoms with Gasteiger partial charge in [0.25, 0.3) is 0 Å². The summed E-state index contributed by atoms with van der Waals surface area (Å²) in [6.07, 6.45) is 0. The molecule has 0 spiro atoms. The van der Waals surface area contributed by atoms with Gasteiger partial charge in [-0.2, -0.15) is 4.31 Å². The predicted molar refractivity (Wildman–Crippen MR) is 134 cm³/mol. The third-order valence-corrected chi connectivity index (χ3v) is 7.82. The van der Waals surface area contributed by atoms with Gasteiger partial charge >= 0.3 is 5.97 Å². The molecule has 0 N–H and O–H groups in total. The first-order valence-corrected chi connectivity index (χ1v) is 12.5. The Morgan fingerprint density at radius 1 is 0.971 bits per heavy atom. The van der Waals surface area contributed by atoms with Gasteiger partial charge in [-0.3, -0.25) is 4.79 Å². The first kappa shape index (κ1) is 24.4. The summed E-state index contributed by atoms with van der Waals surface area (Å²) in [6, 6.07) is 19.2. The number of rotatable bonds is 6. The Balaban J connectivity index is 1.65. The summed E-state index contributed by atoms with van der Waals surface area (Å²) in [6.45, 7) is 5.23. The minimum atomic E-state index is -3.76. The molecule has 0 amide bonds. The Kier molecular flexibility index (Phi) is 6.60. The lowest BCUT2D eigenvalue weighted by atomic mass is 10.0. The second-order valence-electron chi connectivity index (χ2n) is 8.42. The summed E-state index contributed by atoms with van der Waals surface area (Å²) in [5, 5.41) is 0.360. The maximum absolute atomic E-state index is 13.1. The molecule has 0 fully saturated rings. The van der Waals surface area contributed by atoms with Crippen LogP contribution in [0.2, 0.25) is 0 Å². The van der Waals surface area contributed by atoms with Crippen LogP contribution in [0.4, 0.5) is 0 Å². The van der Waals surface area contributed by atoms with Gasteiger partial charge in [-0.15, -0.1) is 0 Å². The van der Waals surface area contributed by atoms with Crippen LogP contribution in [-0.4, -0.2) is 31.8 Å². The Morgan fingerprint density at radius 3 is 2.37 bits per heavy atom. The summed E-state index contributed by atoms with van der Waals surface area (Å²) in [5.41, 5.74) is 1.43. The van der Waals surface area contributed by atoms with E-state index in [1.807, 2.05) is 30.3 Å². The molecule has 7 nitrogen and oxygen atoms in total. The number of hydrogen-bond donors (Lipinski definition) is 0. The molecule has 4 aromatic rings. The molecule has 1 heterocycles. The highest BCUT2D eigenvalue weighted by Crippen LogP contribution is 2.27. The van der Waals surface area contributed by atoms with Crippen molar-refractivity contribution in [2.45, 2.75) is 31.7 Å². The standard InChI is InChI=1S/C27H25NO6S/c1-17(2)28(4)35(31,32)22-12-8-11-20(15-22)27(30)34-21-13-14-23-24(16-21)33-18(3)25(26(23)29)19-9-6-5-7-10-19/h5-17H,1-4H3. The molecule has 0 unspecified atom stereocenters. The summed E-state index contributed by atoms with van der Waals surface area (Å²) < 4.78 is 38.2. The number of esters is 1. The van der Waals surface area contributed by atoms with E-state index in [0.717, 1.165) is 5.56 Å². The fourth-order valence-corrected chi connectivity index (χ4v) is 5.10. The van der Waals surface area contributed by atoms with Crippen LogP contribution in [-0.2, 0) is 10.0 Å². The van der Waals surface area contributed by atoms with E-state index in [2.05, 4.69) is 0 Å². The topological polar surface area (TPSA) is 93.9 Å². The van der Waals surface area contributed by atoms with E-state index >= 15 is 0 Å². The second kappa shape index (κ2) is 9.48. The van der Waals surface area contributed by atoms with Crippen molar-refractivity contribution in [2.24, 2.45) is 0 Å². The molecule has 0 radical (unpaired) electrons. The molecule has 35 heavy (non-hydrogen) atoms. The average Bonchev–Trinajstić information content (AvgIpc) is 2.84. The van der Waals surface area contributed by atoms with E-state index in [1.165, 1.54) is 47.8 Å². The van der Waals surface area contributed by atoms with Crippen molar-refractivity contribution in [2.75, 3.05) is 7.05 Å². The lowest BCUT2D eigenvalue weighted by molar-refractivity contribution is 0.0734. The molecule has 0 bridgehead atoms. The molecule has 0 aliphatic carbocycles. The van der Waals surface area contributed by atoms with Gasteiger partial charge < -0.3 is 9.15 Å². The van der Waals surface area contributed by atoms with Gasteiger partial charge in [-0.25, -0.2) is 13.2 Å². The summed E-state index contributed by atoms with van der Waals surface area (Å²) in [4.78, 5) is 25.9. The first-order chi connectivity index (χ1) is 16.6. The van der Waals surface area contributed by atoms with E-state index in [0.29, 0.717) is 16.7 Å². The molecule has 0 aliphatic rings. The zero-order chi connectivity index (χ0) is 25.3. The van der Waals surface area contributed by atoms with Crippen molar-refractivity contribution in [3.63, 3.8) is 0 Å². The Hall–Kier alpha value is -3.75. The van der Waals surface area contributed by atoms with Crippen molar-refractivity contribution in [1.82, 2.24) is 4.31 Å². The fraction of sp³-hybridized carbons (Fsp3) is 0.185. The van der Waals surface area contributed by atoms with Crippen molar-refractivity contribution in [3.8, 4) is 16.9 Å². The predicted octanol–water partition coefficient (Wildman–Crippen LogP) is 5.02. The molecule has 0 saturated heterocycles. The molecule has 8 heteroatoms. The van der Waals surface area contributed by atoms with Gasteiger partial charge in [0.05, 0.1) is 21.4 Å². The van der Waals surface area contributed by atoms with Gasteiger partial charge in [0.15, 0.2) is 0 Å². The quantitative estimate of drug-likeness (QED) is 0.278. The number of benzene rings is 3. The van der Waals surface area contributed by atoms with Crippen LogP contribution in [0.25, 0.3) is 22.1 Å². The summed E-state index contributed by atoms with van der Waals surface area (Å²) >= 11 is 0. The van der Waals surface area contributed by atoms with Gasteiger partial charge in [0, 0.05) is 19.2 Å². The third-order valence-electron chi connectivity index (χ3n) is 5.79. The number of nitrogens with zero attached hydrogens (tertiary/aromatic N) is 1. The van der Waals surface area contributed by atoms with Gasteiger partial charge in [-0.1, -0.05) is 36.4 Å². The van der Waals surface area contributed by atoms with Gasteiger partial charge in [-0.05, 0) is 56.7 Å². The number of aryl methyl sites for hydroxylation is 1. The monoisotopic (exact) mass is 491 g/mol. The zero-order valence-electron chi connectivity index (χ0n) is 19.8. The van der Waals surface area contributed by atoms with Crippen LogP contribution in [0.5, 0.6) is 5.75 Å². The number of fused-ring (bicyclic) bond motifs is 1. The Bertz CT molecular complexity index is 1570. The highest BCUT2D eigenvalue weighted by molar-refractivity contribution is 7.89. The lowest BCUT2D eigenvalue weighted by Gasteiger charge is -2.21. The van der Waals surface area contributed by atoms with Crippen molar-refractivity contribution in [1.29, 1.82) is 0 Å². The third kappa shape index (κ3) is 4.76. The maximum Gasteiger partial charge on any atom is 0.343 e. The Morgan fingerprint density at radius 2 is 1.69 bits per heavy atom. The molecule has 3 aromatic carbocycles. The van der Waals surface area contributed by atoms with Crippen molar-refractivity contribution in [3.05, 3.63) is 94.3 Å². The molecule has 0 atom stereocenters. The molecular formula is C27H25NO6S. The molecule has 0 saturated carbocycles. The Labute approximate surface area is 203 Å². The molecule has 0 aliphatic heterocycles. The van der Waals surface area contributed by atoms with Crippen LogP contribution in [0, 0.1) is 6.92 Å². The largest absolute Gasteiger partial charge is 0.460 e.